The van der Waals surface area contributed by atoms with Gasteiger partial charge in [-0.05, 0) is 0 Å². The van der Waals surface area contributed by atoms with Crippen LogP contribution in [0.25, 0.3) is 0 Å². The highest BCUT2D eigenvalue weighted by Crippen LogP contribution is 2.20. The molecule has 0 aromatic heterocycles. The third-order valence-electron chi connectivity index (χ3n) is 3.13. The Morgan fingerprint density at radius 2 is 1.20 bits per heavy atom. The number of esters is 5. The van der Waals surface area contributed by atoms with Gasteiger partial charge in [-0.1, -0.05) is 0 Å². The van der Waals surface area contributed by atoms with Crippen molar-refractivity contribution in [1.29, 1.82) is 5.53 Å². The summed E-state index contributed by atoms with van der Waals surface area (Å²) in [6.45, 7) is 4.31. The minimum Gasteiger partial charge on any atom is -0.462 e. The lowest BCUT2D eigenvalue weighted by atomic mass is 9.99. The van der Waals surface area contributed by atoms with E-state index in [1.165, 1.54) is 0 Å². The van der Waals surface area contributed by atoms with Crippen molar-refractivity contribution >= 4 is 41.8 Å². The van der Waals surface area contributed by atoms with Gasteiger partial charge in [-0.15, -0.1) is 0 Å². The van der Waals surface area contributed by atoms with Gasteiger partial charge in [-0.2, -0.15) is 0 Å². The molecule has 0 radical (unpaired) electrons. The lowest BCUT2D eigenvalue weighted by Gasteiger charge is -2.33. The zero-order valence-electron chi connectivity index (χ0n) is 17.0. The summed E-state index contributed by atoms with van der Waals surface area (Å²) in [5.74, 6) is -5.63. The van der Waals surface area contributed by atoms with Crippen molar-refractivity contribution in [3.05, 3.63) is 0 Å². The van der Waals surface area contributed by atoms with Crippen LogP contribution in [0.3, 0.4) is 0 Å². The molecule has 0 aromatic rings. The molecule has 0 bridgehead atoms. The maximum Gasteiger partial charge on any atom is 0.376 e. The van der Waals surface area contributed by atoms with E-state index in [-0.39, 0.29) is 0 Å². The first kappa shape index (κ1) is 26.4. The van der Waals surface area contributed by atoms with Gasteiger partial charge < -0.3 is 23.7 Å². The van der Waals surface area contributed by atoms with E-state index < -0.39 is 66.7 Å². The van der Waals surface area contributed by atoms with Gasteiger partial charge in [0.05, 0.1) is 10.3 Å². The molecule has 0 heterocycles. The summed E-state index contributed by atoms with van der Waals surface area (Å²) < 4.78 is 24.8. The van der Waals surface area contributed by atoms with Crippen LogP contribution in [0.15, 0.2) is 0 Å². The highest BCUT2D eigenvalue weighted by atomic mass is 16.6. The second-order valence-electron chi connectivity index (χ2n) is 5.79. The van der Waals surface area contributed by atoms with Gasteiger partial charge >= 0.3 is 36.1 Å². The van der Waals surface area contributed by atoms with E-state index in [0.29, 0.717) is 6.21 Å². The smallest absolute Gasteiger partial charge is 0.376 e. The average molecular weight is 431 g/mol. The van der Waals surface area contributed by atoms with Gasteiger partial charge in [0.25, 0.3) is 5.78 Å². The molecular formula is C17H23N2O11+. The monoisotopic (exact) mass is 431 g/mol. The summed E-state index contributed by atoms with van der Waals surface area (Å²) in [7, 11) is 0. The maximum atomic E-state index is 12.3. The molecule has 0 spiro atoms. The fourth-order valence-corrected chi connectivity index (χ4v) is 2.25. The van der Waals surface area contributed by atoms with E-state index >= 15 is 0 Å². The van der Waals surface area contributed by atoms with Crippen molar-refractivity contribution in [3.63, 3.8) is 0 Å². The van der Waals surface area contributed by atoms with Crippen LogP contribution in [0, 0.1) is 5.53 Å². The number of Topliss-reactive ketones (excluding diaryl/α,β-unsaturated/α-hetero) is 1. The zero-order chi connectivity index (χ0) is 23.4. The summed E-state index contributed by atoms with van der Waals surface area (Å²) in [6, 6.07) is 0. The van der Waals surface area contributed by atoms with Crippen LogP contribution in [0.4, 0.5) is 0 Å². The van der Waals surface area contributed by atoms with Gasteiger partial charge in [0.1, 0.15) is 6.61 Å². The molecule has 0 saturated heterocycles. The molecule has 0 aliphatic rings. The van der Waals surface area contributed by atoms with Gasteiger partial charge in [-0.25, -0.2) is 0 Å². The van der Waals surface area contributed by atoms with Crippen molar-refractivity contribution in [2.75, 3.05) is 6.61 Å². The summed E-state index contributed by atoms with van der Waals surface area (Å²) in [6.07, 6.45) is -6.55. The number of rotatable bonds is 11. The Morgan fingerprint density at radius 3 is 1.60 bits per heavy atom. The van der Waals surface area contributed by atoms with Crippen LogP contribution in [0.1, 0.15) is 34.6 Å². The van der Waals surface area contributed by atoms with Crippen molar-refractivity contribution in [1.82, 2.24) is 0 Å². The molecule has 0 aliphatic carbocycles. The van der Waals surface area contributed by atoms with Gasteiger partial charge in [0.2, 0.25) is 6.10 Å². The molecule has 0 aliphatic heterocycles. The third-order valence-corrected chi connectivity index (χ3v) is 3.13. The molecule has 13 nitrogen and oxygen atoms in total. The number of hydrogen-bond donors (Lipinski definition) is 1. The molecule has 166 valence electrons. The van der Waals surface area contributed by atoms with E-state index in [2.05, 4.69) is 4.79 Å². The minimum absolute atomic E-state index is 0.474. The Hall–Kier alpha value is -3.60. The molecule has 0 saturated carbocycles. The lowest BCUT2D eigenvalue weighted by molar-refractivity contribution is -0.202. The average Bonchev–Trinajstić information content (AvgIpc) is 2.59. The standard InChI is InChI=1S/C17H23N2O11/c1-8(20)26-7-14(27-9(2)21)16(29-11(4)23)17(30-12(5)24)15(28-10(3)22)13(25)6-19-18/h6,14-18H,7H2,1-5H3/q+1. The first-order chi connectivity index (χ1) is 13.9. The quantitative estimate of drug-likeness (QED) is 0.141. The summed E-state index contributed by atoms with van der Waals surface area (Å²) in [4.78, 5) is 72.6. The number of carbonyl (C=O) groups is 6. The van der Waals surface area contributed by atoms with Crippen molar-refractivity contribution in [2.24, 2.45) is 0 Å². The normalized spacial score (nSPS) is 13.9. The molecule has 13 heteroatoms. The van der Waals surface area contributed by atoms with Crippen LogP contribution in [-0.4, -0.2) is 77.7 Å². The van der Waals surface area contributed by atoms with Crippen LogP contribution < -0.4 is 0 Å². The maximum absolute atomic E-state index is 12.3. The Morgan fingerprint density at radius 1 is 0.733 bits per heavy atom. The Labute approximate surface area is 171 Å². The second kappa shape index (κ2) is 12.8. The van der Waals surface area contributed by atoms with E-state index in [1.54, 1.807) is 0 Å². The van der Waals surface area contributed by atoms with Gasteiger partial charge in [0, 0.05) is 34.6 Å². The highest BCUT2D eigenvalue weighted by molar-refractivity contribution is 6.27. The van der Waals surface area contributed by atoms with Crippen molar-refractivity contribution < 1.29 is 57.2 Å². The molecule has 0 aromatic carbocycles. The Kier molecular flexibility index (Phi) is 11.2. The van der Waals surface area contributed by atoms with E-state index in [1.807, 2.05) is 0 Å². The summed E-state index contributed by atoms with van der Waals surface area (Å²) >= 11 is 0. The molecule has 4 unspecified atom stereocenters. The fraction of sp³-hybridized carbons (Fsp3) is 0.588. The number of carbonyl (C=O) groups excluding carboxylic acids is 6. The largest absolute Gasteiger partial charge is 0.462 e. The number of nitrogens with zero attached hydrogens (tertiary/aromatic N) is 1. The summed E-state index contributed by atoms with van der Waals surface area (Å²) in [5.41, 5.74) is 6.79. The van der Waals surface area contributed by atoms with Crippen molar-refractivity contribution in [3.8, 4) is 0 Å². The molecule has 4 atom stereocenters. The Bertz CT molecular complexity index is 742. The summed E-state index contributed by atoms with van der Waals surface area (Å²) in [5, 5.41) is 0. The van der Waals surface area contributed by atoms with Crippen LogP contribution in [-0.2, 0) is 52.5 Å². The highest BCUT2D eigenvalue weighted by Gasteiger charge is 2.47. The molecule has 0 rings (SSSR count). The van der Waals surface area contributed by atoms with Crippen LogP contribution in [0.5, 0.6) is 0 Å². The number of nitrogens with one attached hydrogen (secondary N) is 1. The molecular weight excluding hydrogens is 408 g/mol. The van der Waals surface area contributed by atoms with E-state index in [4.69, 9.17) is 29.2 Å². The van der Waals surface area contributed by atoms with Crippen LogP contribution in [0.2, 0.25) is 0 Å². The Balaban J connectivity index is 6.44. The number of ketones is 1. The molecule has 0 amide bonds. The molecule has 0 fully saturated rings. The topological polar surface area (TPSA) is 187 Å². The van der Waals surface area contributed by atoms with Crippen molar-refractivity contribution in [2.45, 2.75) is 59.0 Å². The first-order valence-electron chi connectivity index (χ1n) is 8.44. The molecule has 30 heavy (non-hydrogen) atoms. The zero-order valence-corrected chi connectivity index (χ0v) is 17.0. The lowest BCUT2D eigenvalue weighted by Crippen LogP contribution is -2.55. The third kappa shape index (κ3) is 10.1. The second-order valence-corrected chi connectivity index (χ2v) is 5.79. The van der Waals surface area contributed by atoms with Crippen LogP contribution >= 0.6 is 0 Å². The number of ether oxygens (including phenoxy) is 5. The van der Waals surface area contributed by atoms with E-state index in [0.717, 1.165) is 34.6 Å². The predicted molar refractivity (Wildman–Crippen MR) is 92.9 cm³/mol. The first-order valence-corrected chi connectivity index (χ1v) is 8.44. The molecule has 1 N–H and O–H groups in total. The fourth-order valence-electron chi connectivity index (χ4n) is 2.25. The van der Waals surface area contributed by atoms with E-state index in [9.17, 15) is 28.8 Å². The van der Waals surface area contributed by atoms with Gasteiger partial charge in [0.15, 0.2) is 18.3 Å². The minimum atomic E-state index is -1.92. The predicted octanol–water partition coefficient (Wildman–Crippen LogP) is -0.845. The number of hydrogen-bond acceptors (Lipinski definition) is 12. The SMILES string of the molecule is CC(=O)OCC(OC(C)=O)C(OC(C)=O)C(OC(C)=O)C(OC(C)=O)C(=O)C=[N+]=N. The van der Waals surface area contributed by atoms with Gasteiger partial charge in [-0.3, -0.25) is 28.8 Å².